The highest BCUT2D eigenvalue weighted by Gasteiger charge is 2.36. The predicted molar refractivity (Wildman–Crippen MR) is 76.1 cm³/mol. The Balaban J connectivity index is 2.47. The SMILES string of the molecule is CN(C(=O)C(C(=O)O)C(=O)O)c1cccc2ccccc12. The smallest absolute Gasteiger partial charge is 0.327 e. The normalized spacial score (nSPS) is 10.6. The molecule has 108 valence electrons. The van der Waals surface area contributed by atoms with E-state index in [1.807, 2.05) is 18.2 Å². The van der Waals surface area contributed by atoms with Gasteiger partial charge in [-0.1, -0.05) is 36.4 Å². The van der Waals surface area contributed by atoms with Crippen molar-refractivity contribution in [2.24, 2.45) is 5.92 Å². The molecule has 6 heteroatoms. The Kier molecular flexibility index (Phi) is 3.89. The lowest BCUT2D eigenvalue weighted by molar-refractivity contribution is -0.157. The Morgan fingerprint density at radius 2 is 1.52 bits per heavy atom. The number of fused-ring (bicyclic) bond motifs is 1. The van der Waals surface area contributed by atoms with Crippen molar-refractivity contribution in [1.82, 2.24) is 0 Å². The van der Waals surface area contributed by atoms with E-state index in [4.69, 9.17) is 10.2 Å². The molecule has 0 spiro atoms. The summed E-state index contributed by atoms with van der Waals surface area (Å²) in [5, 5.41) is 19.4. The maximum atomic E-state index is 12.1. The van der Waals surface area contributed by atoms with Gasteiger partial charge in [-0.15, -0.1) is 0 Å². The fourth-order valence-corrected chi connectivity index (χ4v) is 2.13. The van der Waals surface area contributed by atoms with Crippen LogP contribution in [-0.2, 0) is 14.4 Å². The van der Waals surface area contributed by atoms with Gasteiger partial charge >= 0.3 is 11.9 Å². The zero-order valence-corrected chi connectivity index (χ0v) is 11.2. The summed E-state index contributed by atoms with van der Waals surface area (Å²) >= 11 is 0. The minimum atomic E-state index is -2.12. The lowest BCUT2D eigenvalue weighted by Crippen LogP contribution is -2.41. The Labute approximate surface area is 120 Å². The van der Waals surface area contributed by atoms with Crippen LogP contribution in [0.1, 0.15) is 0 Å². The highest BCUT2D eigenvalue weighted by atomic mass is 16.4. The second kappa shape index (κ2) is 5.62. The molecule has 0 aliphatic carbocycles. The average molecular weight is 287 g/mol. The Bertz CT molecular complexity index is 706. The molecule has 1 amide bonds. The molecule has 21 heavy (non-hydrogen) atoms. The molecule has 0 atom stereocenters. The molecule has 6 nitrogen and oxygen atoms in total. The number of rotatable bonds is 4. The van der Waals surface area contributed by atoms with Crippen molar-refractivity contribution in [2.75, 3.05) is 11.9 Å². The van der Waals surface area contributed by atoms with E-state index in [2.05, 4.69) is 0 Å². The second-order valence-electron chi connectivity index (χ2n) is 4.51. The lowest BCUT2D eigenvalue weighted by Gasteiger charge is -2.21. The molecule has 2 aromatic carbocycles. The Morgan fingerprint density at radius 3 is 2.14 bits per heavy atom. The molecule has 0 fully saturated rings. The van der Waals surface area contributed by atoms with Gasteiger partial charge in [-0.05, 0) is 11.5 Å². The number of carboxylic acid groups (broad SMARTS) is 2. The number of aliphatic carboxylic acids is 2. The first kappa shape index (κ1) is 14.5. The van der Waals surface area contributed by atoms with E-state index < -0.39 is 23.8 Å². The van der Waals surface area contributed by atoms with E-state index in [0.717, 1.165) is 15.7 Å². The molecule has 0 aliphatic heterocycles. The molecule has 2 N–H and O–H groups in total. The van der Waals surface area contributed by atoms with Gasteiger partial charge in [0.1, 0.15) is 0 Å². The highest BCUT2D eigenvalue weighted by Crippen LogP contribution is 2.26. The maximum Gasteiger partial charge on any atom is 0.327 e. The van der Waals surface area contributed by atoms with Crippen LogP contribution < -0.4 is 4.90 Å². The van der Waals surface area contributed by atoms with E-state index in [1.165, 1.54) is 7.05 Å². The molecule has 0 aromatic heterocycles. The van der Waals surface area contributed by atoms with Crippen molar-refractivity contribution in [2.45, 2.75) is 0 Å². The van der Waals surface area contributed by atoms with Crippen molar-refractivity contribution < 1.29 is 24.6 Å². The summed E-state index contributed by atoms with van der Waals surface area (Å²) in [7, 11) is 1.36. The molecule has 2 rings (SSSR count). The second-order valence-corrected chi connectivity index (χ2v) is 4.51. The van der Waals surface area contributed by atoms with Gasteiger partial charge in [-0.3, -0.25) is 14.4 Å². The topological polar surface area (TPSA) is 94.9 Å². The van der Waals surface area contributed by atoms with Gasteiger partial charge in [0.2, 0.25) is 5.92 Å². The van der Waals surface area contributed by atoms with Crippen LogP contribution in [-0.4, -0.2) is 35.1 Å². The third-order valence-electron chi connectivity index (χ3n) is 3.20. The first-order chi connectivity index (χ1) is 9.93. The van der Waals surface area contributed by atoms with Crippen molar-refractivity contribution in [3.8, 4) is 0 Å². The van der Waals surface area contributed by atoms with Crippen LogP contribution in [0.2, 0.25) is 0 Å². The van der Waals surface area contributed by atoms with Crippen LogP contribution >= 0.6 is 0 Å². The van der Waals surface area contributed by atoms with Crippen molar-refractivity contribution in [3.63, 3.8) is 0 Å². The number of benzene rings is 2. The molecule has 2 aromatic rings. The van der Waals surface area contributed by atoms with Crippen molar-refractivity contribution >= 4 is 34.3 Å². The summed E-state index contributed by atoms with van der Waals surface area (Å²) < 4.78 is 0. The summed E-state index contributed by atoms with van der Waals surface area (Å²) in [5.41, 5.74) is 0.464. The zero-order chi connectivity index (χ0) is 15.6. The van der Waals surface area contributed by atoms with Gasteiger partial charge in [0, 0.05) is 12.4 Å². The van der Waals surface area contributed by atoms with Gasteiger partial charge in [-0.25, -0.2) is 0 Å². The van der Waals surface area contributed by atoms with Gasteiger partial charge in [0.15, 0.2) is 0 Å². The standard InChI is InChI=1S/C15H13NO5/c1-16(13(17)12(14(18)19)15(20)21)11-8-4-6-9-5-2-3-7-10(9)11/h2-8,12H,1H3,(H,18,19)(H,20,21). The molecule has 0 aliphatic rings. The average Bonchev–Trinajstić information content (AvgIpc) is 2.45. The van der Waals surface area contributed by atoms with E-state index in [0.29, 0.717) is 5.69 Å². The predicted octanol–water partition coefficient (Wildman–Crippen LogP) is 1.59. The van der Waals surface area contributed by atoms with Crippen molar-refractivity contribution in [3.05, 3.63) is 42.5 Å². The number of nitrogens with zero attached hydrogens (tertiary/aromatic N) is 1. The fraction of sp³-hybridized carbons (Fsp3) is 0.133. The molecule has 0 saturated carbocycles. The lowest BCUT2D eigenvalue weighted by atomic mass is 10.1. The quantitative estimate of drug-likeness (QED) is 0.833. The van der Waals surface area contributed by atoms with Crippen LogP contribution in [0, 0.1) is 5.92 Å². The third kappa shape index (κ3) is 2.69. The number of carboxylic acids is 2. The van der Waals surface area contributed by atoms with E-state index >= 15 is 0 Å². The number of hydrogen-bond donors (Lipinski definition) is 2. The first-order valence-electron chi connectivity index (χ1n) is 6.14. The molecule has 0 radical (unpaired) electrons. The summed E-state index contributed by atoms with van der Waals surface area (Å²) in [6.07, 6.45) is 0. The van der Waals surface area contributed by atoms with Crippen molar-refractivity contribution in [1.29, 1.82) is 0 Å². The summed E-state index contributed by atoms with van der Waals surface area (Å²) in [5.74, 6) is -6.47. The Morgan fingerprint density at radius 1 is 0.952 bits per heavy atom. The highest BCUT2D eigenvalue weighted by molar-refractivity contribution is 6.19. The van der Waals surface area contributed by atoms with Crippen LogP contribution in [0.25, 0.3) is 10.8 Å². The number of carbonyl (C=O) groups excluding carboxylic acids is 1. The van der Waals surface area contributed by atoms with Crippen LogP contribution in [0.15, 0.2) is 42.5 Å². The van der Waals surface area contributed by atoms with E-state index in [9.17, 15) is 14.4 Å². The minimum Gasteiger partial charge on any atom is -0.480 e. The zero-order valence-electron chi connectivity index (χ0n) is 11.2. The molecular formula is C15H13NO5. The number of carbonyl (C=O) groups is 3. The summed E-state index contributed by atoms with van der Waals surface area (Å²) in [6, 6.07) is 12.5. The van der Waals surface area contributed by atoms with Gasteiger partial charge in [-0.2, -0.15) is 0 Å². The molecule has 0 bridgehead atoms. The number of anilines is 1. The molecule has 0 heterocycles. The van der Waals surface area contributed by atoms with Gasteiger partial charge in [0.05, 0.1) is 5.69 Å². The fourth-order valence-electron chi connectivity index (χ4n) is 2.13. The van der Waals surface area contributed by atoms with Gasteiger partial charge in [0.25, 0.3) is 5.91 Å². The summed E-state index contributed by atoms with van der Waals surface area (Å²) in [4.78, 5) is 35.1. The van der Waals surface area contributed by atoms with Crippen LogP contribution in [0.3, 0.4) is 0 Å². The first-order valence-corrected chi connectivity index (χ1v) is 6.14. The Hall–Kier alpha value is -2.89. The third-order valence-corrected chi connectivity index (χ3v) is 3.20. The minimum absolute atomic E-state index is 0.464. The maximum absolute atomic E-state index is 12.1. The summed E-state index contributed by atoms with van der Waals surface area (Å²) in [6.45, 7) is 0. The van der Waals surface area contributed by atoms with Crippen LogP contribution in [0.4, 0.5) is 5.69 Å². The molecular weight excluding hydrogens is 274 g/mol. The van der Waals surface area contributed by atoms with Gasteiger partial charge < -0.3 is 15.1 Å². The van der Waals surface area contributed by atoms with E-state index in [1.54, 1.807) is 24.3 Å². The van der Waals surface area contributed by atoms with Crippen LogP contribution in [0.5, 0.6) is 0 Å². The largest absolute Gasteiger partial charge is 0.480 e. The number of amides is 1. The molecule has 0 unspecified atom stereocenters. The van der Waals surface area contributed by atoms with E-state index in [-0.39, 0.29) is 0 Å². The monoisotopic (exact) mass is 287 g/mol. The molecule has 0 saturated heterocycles. The number of hydrogen-bond acceptors (Lipinski definition) is 3.